The molecule has 4 aromatic rings. The van der Waals surface area contributed by atoms with Gasteiger partial charge in [0.15, 0.2) is 17.3 Å². The summed E-state index contributed by atoms with van der Waals surface area (Å²) in [6, 6.07) is 13.5. The number of nitrogens with zero attached hydrogens (tertiary/aromatic N) is 5. The second-order valence-corrected chi connectivity index (χ2v) is 9.79. The molecular weight excluding hydrogens is 456 g/mol. The molecule has 9 heteroatoms. The molecule has 188 valence electrons. The number of H-pyrrole nitrogens is 1. The summed E-state index contributed by atoms with van der Waals surface area (Å²) in [5.41, 5.74) is 3.09. The SMILES string of the molecule is CCC(C)(C)n1nnnc1[C@@H](c1cc2cc(OC)c(OC)cc2[nH]c1=O)N1CCCc2ccccc21. The number of rotatable bonds is 7. The molecule has 9 nitrogen and oxygen atoms in total. The number of hydrogen-bond acceptors (Lipinski definition) is 7. The lowest BCUT2D eigenvalue weighted by molar-refractivity contribution is 0.287. The van der Waals surface area contributed by atoms with Gasteiger partial charge in [0.05, 0.1) is 25.3 Å². The monoisotopic (exact) mass is 488 g/mol. The summed E-state index contributed by atoms with van der Waals surface area (Å²) in [6.07, 6.45) is 2.80. The third kappa shape index (κ3) is 3.98. The molecule has 0 aliphatic carbocycles. The number of aryl methyl sites for hydroxylation is 1. The minimum Gasteiger partial charge on any atom is -0.493 e. The summed E-state index contributed by atoms with van der Waals surface area (Å²) >= 11 is 0. The zero-order chi connectivity index (χ0) is 25.4. The van der Waals surface area contributed by atoms with Crippen LogP contribution >= 0.6 is 0 Å². The highest BCUT2D eigenvalue weighted by Gasteiger charge is 2.36. The summed E-state index contributed by atoms with van der Waals surface area (Å²) < 4.78 is 12.8. The fraction of sp³-hybridized carbons (Fsp3) is 0.407. The Morgan fingerprint density at radius 2 is 1.86 bits per heavy atom. The second-order valence-electron chi connectivity index (χ2n) is 9.79. The Kier molecular flexibility index (Phi) is 6.15. The number of pyridine rings is 1. The number of benzene rings is 2. The van der Waals surface area contributed by atoms with E-state index in [0.29, 0.717) is 28.4 Å². The smallest absolute Gasteiger partial charge is 0.254 e. The van der Waals surface area contributed by atoms with Gasteiger partial charge in [-0.05, 0) is 67.3 Å². The Bertz CT molecular complexity index is 1460. The summed E-state index contributed by atoms with van der Waals surface area (Å²) in [5, 5.41) is 13.8. The van der Waals surface area contributed by atoms with Crippen LogP contribution in [0.15, 0.2) is 47.3 Å². The molecule has 0 radical (unpaired) electrons. The van der Waals surface area contributed by atoms with Gasteiger partial charge in [-0.3, -0.25) is 4.79 Å². The molecule has 0 spiro atoms. The summed E-state index contributed by atoms with van der Waals surface area (Å²) in [6.45, 7) is 7.11. The first-order valence-electron chi connectivity index (χ1n) is 12.3. The number of tetrazole rings is 1. The Hall–Kier alpha value is -3.88. The molecule has 0 saturated carbocycles. The number of para-hydroxylation sites is 1. The van der Waals surface area contributed by atoms with Crippen LogP contribution in [0.3, 0.4) is 0 Å². The van der Waals surface area contributed by atoms with Crippen molar-refractivity contribution in [3.05, 3.63) is 69.8 Å². The number of anilines is 1. The van der Waals surface area contributed by atoms with Crippen molar-refractivity contribution in [1.82, 2.24) is 25.2 Å². The minimum absolute atomic E-state index is 0.188. The topological polar surface area (TPSA) is 98.2 Å². The van der Waals surface area contributed by atoms with Crippen LogP contribution in [0.4, 0.5) is 5.69 Å². The number of methoxy groups -OCH3 is 2. The van der Waals surface area contributed by atoms with Gasteiger partial charge in [0, 0.05) is 29.2 Å². The lowest BCUT2D eigenvalue weighted by Crippen LogP contribution is -2.40. The molecule has 1 atom stereocenters. The molecular formula is C27H32N6O3. The van der Waals surface area contributed by atoms with Crippen molar-refractivity contribution in [3.8, 4) is 11.5 Å². The highest BCUT2D eigenvalue weighted by atomic mass is 16.5. The van der Waals surface area contributed by atoms with Crippen molar-refractivity contribution in [2.24, 2.45) is 0 Å². The Morgan fingerprint density at radius 3 is 2.61 bits per heavy atom. The van der Waals surface area contributed by atoms with Crippen molar-refractivity contribution in [1.29, 1.82) is 0 Å². The lowest BCUT2D eigenvalue weighted by atomic mass is 9.95. The molecule has 36 heavy (non-hydrogen) atoms. The van der Waals surface area contributed by atoms with Gasteiger partial charge >= 0.3 is 0 Å². The van der Waals surface area contributed by atoms with Gasteiger partial charge in [0.2, 0.25) is 0 Å². The number of aromatic amines is 1. The van der Waals surface area contributed by atoms with E-state index in [9.17, 15) is 4.79 Å². The standard InChI is InChI=1S/C27H32N6O3/c1-6-27(2,3)33-25(29-30-31-33)24(32-13-9-11-17-10-7-8-12-21(17)32)19-14-18-15-22(35-4)23(36-5)16-20(18)28-26(19)34/h7-8,10,12,14-16,24H,6,9,11,13H2,1-5H3,(H,28,34)/t24-/m1/s1. The largest absolute Gasteiger partial charge is 0.493 e. The minimum atomic E-state index is -0.478. The predicted molar refractivity (Wildman–Crippen MR) is 139 cm³/mol. The molecule has 0 bridgehead atoms. The molecule has 0 saturated heterocycles. The van der Waals surface area contributed by atoms with E-state index in [1.807, 2.05) is 22.9 Å². The normalized spacial score (nSPS) is 14.5. The van der Waals surface area contributed by atoms with Gasteiger partial charge in [-0.2, -0.15) is 0 Å². The van der Waals surface area contributed by atoms with E-state index in [-0.39, 0.29) is 11.1 Å². The lowest BCUT2D eigenvalue weighted by Gasteiger charge is -2.38. The molecule has 0 amide bonds. The molecule has 0 fully saturated rings. The fourth-order valence-corrected chi connectivity index (χ4v) is 4.98. The quantitative estimate of drug-likeness (QED) is 0.416. The number of fused-ring (bicyclic) bond motifs is 2. The predicted octanol–water partition coefficient (Wildman–Crippen LogP) is 4.22. The van der Waals surface area contributed by atoms with Gasteiger partial charge in [0.1, 0.15) is 6.04 Å². The molecule has 3 heterocycles. The van der Waals surface area contributed by atoms with Crippen LogP contribution in [0.5, 0.6) is 11.5 Å². The zero-order valence-corrected chi connectivity index (χ0v) is 21.4. The van der Waals surface area contributed by atoms with Gasteiger partial charge in [0.25, 0.3) is 5.56 Å². The number of hydrogen-bond donors (Lipinski definition) is 1. The third-order valence-corrected chi connectivity index (χ3v) is 7.31. The van der Waals surface area contributed by atoms with Crippen molar-refractivity contribution < 1.29 is 9.47 Å². The maximum Gasteiger partial charge on any atom is 0.254 e. The first kappa shape index (κ1) is 23.8. The van der Waals surface area contributed by atoms with E-state index in [2.05, 4.69) is 64.4 Å². The summed E-state index contributed by atoms with van der Waals surface area (Å²) in [5.74, 6) is 1.80. The van der Waals surface area contributed by atoms with Crippen LogP contribution in [0.1, 0.15) is 56.6 Å². The highest BCUT2D eigenvalue weighted by molar-refractivity contribution is 5.83. The van der Waals surface area contributed by atoms with Crippen molar-refractivity contribution in [2.75, 3.05) is 25.7 Å². The Balaban J connectivity index is 1.77. The zero-order valence-electron chi connectivity index (χ0n) is 21.4. The van der Waals surface area contributed by atoms with Crippen LogP contribution in [-0.2, 0) is 12.0 Å². The van der Waals surface area contributed by atoms with Gasteiger partial charge in [-0.15, -0.1) is 5.10 Å². The molecule has 1 aliphatic heterocycles. The van der Waals surface area contributed by atoms with Crippen molar-refractivity contribution in [2.45, 2.75) is 51.6 Å². The second kappa shape index (κ2) is 9.29. The summed E-state index contributed by atoms with van der Waals surface area (Å²) in [7, 11) is 3.18. The van der Waals surface area contributed by atoms with Crippen LogP contribution in [0.25, 0.3) is 10.9 Å². The molecule has 2 aromatic carbocycles. The van der Waals surface area contributed by atoms with E-state index in [0.717, 1.165) is 36.9 Å². The van der Waals surface area contributed by atoms with Gasteiger partial charge in [-0.1, -0.05) is 25.1 Å². The van der Waals surface area contributed by atoms with E-state index < -0.39 is 6.04 Å². The van der Waals surface area contributed by atoms with Crippen LogP contribution < -0.4 is 19.9 Å². The average molecular weight is 489 g/mol. The third-order valence-electron chi connectivity index (χ3n) is 7.31. The number of aromatic nitrogens is 5. The average Bonchev–Trinajstić information content (AvgIpc) is 3.39. The maximum absolute atomic E-state index is 13.7. The van der Waals surface area contributed by atoms with E-state index in [4.69, 9.17) is 9.47 Å². The number of ether oxygens (including phenoxy) is 2. The molecule has 5 rings (SSSR count). The molecule has 1 N–H and O–H groups in total. The molecule has 2 aromatic heterocycles. The molecule has 1 aliphatic rings. The Morgan fingerprint density at radius 1 is 1.11 bits per heavy atom. The fourth-order valence-electron chi connectivity index (χ4n) is 4.98. The van der Waals surface area contributed by atoms with Crippen LogP contribution in [0, 0.1) is 0 Å². The van der Waals surface area contributed by atoms with Crippen LogP contribution in [0.2, 0.25) is 0 Å². The van der Waals surface area contributed by atoms with Crippen LogP contribution in [-0.4, -0.2) is 46.0 Å². The number of nitrogens with one attached hydrogen (secondary N) is 1. The van der Waals surface area contributed by atoms with Gasteiger partial charge < -0.3 is 19.4 Å². The Labute approximate surface area is 210 Å². The van der Waals surface area contributed by atoms with E-state index in [1.165, 1.54) is 5.56 Å². The first-order chi connectivity index (χ1) is 17.4. The van der Waals surface area contributed by atoms with Crippen molar-refractivity contribution in [3.63, 3.8) is 0 Å². The van der Waals surface area contributed by atoms with E-state index >= 15 is 0 Å². The first-order valence-corrected chi connectivity index (χ1v) is 12.3. The maximum atomic E-state index is 13.7. The summed E-state index contributed by atoms with van der Waals surface area (Å²) in [4.78, 5) is 19.0. The molecule has 0 unspecified atom stereocenters. The van der Waals surface area contributed by atoms with Gasteiger partial charge in [-0.25, -0.2) is 4.68 Å². The van der Waals surface area contributed by atoms with Crippen molar-refractivity contribution >= 4 is 16.6 Å². The van der Waals surface area contributed by atoms with E-state index in [1.54, 1.807) is 20.3 Å². The highest BCUT2D eigenvalue weighted by Crippen LogP contribution is 2.39.